The van der Waals surface area contributed by atoms with Gasteiger partial charge in [0.05, 0.1) is 33.8 Å². The van der Waals surface area contributed by atoms with Crippen LogP contribution >= 0.6 is 7.82 Å². The van der Waals surface area contributed by atoms with Gasteiger partial charge in [-0.25, -0.2) is 4.57 Å². The second-order valence-corrected chi connectivity index (χ2v) is 21.9. The van der Waals surface area contributed by atoms with Crippen molar-refractivity contribution in [3.63, 3.8) is 0 Å². The summed E-state index contributed by atoms with van der Waals surface area (Å²) in [6.45, 7) is 6.90. The van der Waals surface area contributed by atoms with E-state index in [9.17, 15) is 19.0 Å². The molecule has 3 atom stereocenters. The molecule has 71 heavy (non-hydrogen) atoms. The summed E-state index contributed by atoms with van der Waals surface area (Å²) in [5.41, 5.74) is 0. The van der Waals surface area contributed by atoms with Gasteiger partial charge in [-0.2, -0.15) is 0 Å². The van der Waals surface area contributed by atoms with E-state index in [-0.39, 0.29) is 31.5 Å². The van der Waals surface area contributed by atoms with Gasteiger partial charge in [-0.15, -0.1) is 0 Å². The molecule has 0 fully saturated rings. The van der Waals surface area contributed by atoms with Crippen molar-refractivity contribution in [3.05, 3.63) is 85.1 Å². The van der Waals surface area contributed by atoms with Crippen molar-refractivity contribution in [2.24, 2.45) is 0 Å². The van der Waals surface area contributed by atoms with Crippen LogP contribution in [0.15, 0.2) is 85.1 Å². The third-order valence-corrected chi connectivity index (χ3v) is 13.3. The molecule has 0 aliphatic rings. The van der Waals surface area contributed by atoms with Crippen molar-refractivity contribution in [1.29, 1.82) is 0 Å². The summed E-state index contributed by atoms with van der Waals surface area (Å²) in [6.07, 6.45) is 65.8. The number of nitrogens with zero attached hydrogens (tertiary/aromatic N) is 1. The molecule has 0 saturated heterocycles. The van der Waals surface area contributed by atoms with Gasteiger partial charge in [0.1, 0.15) is 19.3 Å². The number of rotatable bonds is 51. The van der Waals surface area contributed by atoms with Crippen molar-refractivity contribution in [3.8, 4) is 0 Å². The molecule has 1 amide bonds. The van der Waals surface area contributed by atoms with Gasteiger partial charge < -0.3 is 19.4 Å². The van der Waals surface area contributed by atoms with E-state index in [1.165, 1.54) is 116 Å². The molecule has 9 nitrogen and oxygen atoms in total. The fraction of sp³-hybridized carbons (Fsp3) is 0.738. The largest absolute Gasteiger partial charge is 0.472 e. The summed E-state index contributed by atoms with van der Waals surface area (Å²) in [7, 11) is 1.45. The first-order valence-corrected chi connectivity index (χ1v) is 30.4. The third kappa shape index (κ3) is 51.9. The maximum absolute atomic E-state index is 13.5. The number of nitrogens with one attached hydrogen (secondary N) is 1. The Kier molecular flexibility index (Phi) is 48.7. The number of phosphoric acid groups is 1. The average Bonchev–Trinajstić information content (AvgIpc) is 3.33. The average molecular weight is 1010 g/mol. The van der Waals surface area contributed by atoms with Crippen LogP contribution in [-0.2, 0) is 27.9 Å². The second-order valence-electron chi connectivity index (χ2n) is 20.5. The van der Waals surface area contributed by atoms with E-state index in [0.29, 0.717) is 23.9 Å². The van der Waals surface area contributed by atoms with Crippen LogP contribution in [0, 0.1) is 0 Å². The van der Waals surface area contributed by atoms with Gasteiger partial charge >= 0.3 is 13.8 Å². The molecule has 0 rings (SSSR count). The molecule has 3 unspecified atom stereocenters. The predicted octanol–water partition coefficient (Wildman–Crippen LogP) is 17.4. The van der Waals surface area contributed by atoms with Gasteiger partial charge in [-0.3, -0.25) is 18.6 Å². The lowest BCUT2D eigenvalue weighted by molar-refractivity contribution is -0.870. The number of phosphoric ester groups is 1. The molecular weight excluding hydrogens is 904 g/mol. The van der Waals surface area contributed by atoms with Gasteiger partial charge in [0, 0.05) is 12.8 Å². The number of hydrogen-bond acceptors (Lipinski definition) is 6. The fourth-order valence-electron chi connectivity index (χ4n) is 7.78. The van der Waals surface area contributed by atoms with Gasteiger partial charge in [-0.1, -0.05) is 209 Å². The SMILES string of the molecule is CCCCC/C=C\C/C=C\C/C=C\C/C=C\CCCC(=O)OC(/C=C/CCCCCCCCCCC)C(COP(=O)(O)OCC[N+](C)(C)C)NC(=O)CCCCCCCCC/C=C\C/C=C\CCCCC. The topological polar surface area (TPSA) is 111 Å². The molecular formula is C61H110N2O7P+. The van der Waals surface area contributed by atoms with Crippen LogP contribution < -0.4 is 5.32 Å². The zero-order valence-corrected chi connectivity index (χ0v) is 47.6. The lowest BCUT2D eigenvalue weighted by Gasteiger charge is -2.27. The van der Waals surface area contributed by atoms with Crippen LogP contribution in [0.3, 0.4) is 0 Å². The van der Waals surface area contributed by atoms with Crippen LogP contribution in [0.4, 0.5) is 0 Å². The number of unbranched alkanes of at least 4 members (excludes halogenated alkanes) is 23. The Hall–Kier alpha value is -2.81. The Morgan fingerprint density at radius 3 is 1.34 bits per heavy atom. The van der Waals surface area contributed by atoms with Crippen molar-refractivity contribution in [1.82, 2.24) is 5.32 Å². The van der Waals surface area contributed by atoms with Crippen molar-refractivity contribution >= 4 is 19.7 Å². The Balaban J connectivity index is 5.42. The maximum Gasteiger partial charge on any atom is 0.472 e. The summed E-state index contributed by atoms with van der Waals surface area (Å²) in [5, 5.41) is 3.03. The standard InChI is InChI=1S/C61H109N2O7P/c1-7-10-13-16-19-22-25-27-29-31-33-35-38-41-44-47-50-53-60(64)62-58(57-69-71(66,67)68-56-55-63(4,5)6)59(52-49-46-43-40-37-24-21-18-15-12-9-3)70-61(65)54-51-48-45-42-39-36-34-32-30-28-26-23-20-17-14-11-8-2/h19-20,22-23,27-30,34,36,42,45,49,52,58-59H,7-18,21,24-26,31-33,35,37-41,43-44,46-48,50-51,53-57H2,1-6H3,(H-,62,64,66,67)/p+1/b22-19-,23-20-,29-27-,30-28-,36-34-,45-42-,52-49+. The van der Waals surface area contributed by atoms with E-state index in [2.05, 4.69) is 99.0 Å². The number of likely N-dealkylation sites (N-methyl/N-ethyl adjacent to an activating group) is 1. The molecule has 0 radical (unpaired) electrons. The van der Waals surface area contributed by atoms with Crippen LogP contribution in [0.25, 0.3) is 0 Å². The minimum atomic E-state index is -4.46. The molecule has 0 aromatic rings. The van der Waals surface area contributed by atoms with Gasteiger partial charge in [0.15, 0.2) is 0 Å². The van der Waals surface area contributed by atoms with Crippen LogP contribution in [0.5, 0.6) is 0 Å². The van der Waals surface area contributed by atoms with E-state index < -0.39 is 20.0 Å². The number of allylic oxidation sites excluding steroid dienone is 13. The Morgan fingerprint density at radius 2 is 0.873 bits per heavy atom. The lowest BCUT2D eigenvalue weighted by atomic mass is 10.1. The highest BCUT2D eigenvalue weighted by Gasteiger charge is 2.30. The van der Waals surface area contributed by atoms with E-state index >= 15 is 0 Å². The van der Waals surface area contributed by atoms with Crippen LogP contribution in [-0.4, -0.2) is 74.3 Å². The number of quaternary nitrogens is 1. The Bertz CT molecular complexity index is 1490. The summed E-state index contributed by atoms with van der Waals surface area (Å²) >= 11 is 0. The third-order valence-electron chi connectivity index (χ3n) is 12.3. The number of ether oxygens (including phenoxy) is 1. The van der Waals surface area contributed by atoms with Crippen molar-refractivity contribution in [2.45, 2.75) is 251 Å². The summed E-state index contributed by atoms with van der Waals surface area (Å²) in [4.78, 5) is 37.5. The van der Waals surface area contributed by atoms with Gasteiger partial charge in [0.2, 0.25) is 5.91 Å². The minimum absolute atomic E-state index is 0.0268. The quantitative estimate of drug-likeness (QED) is 0.0205. The monoisotopic (exact) mass is 1010 g/mol. The molecule has 0 saturated carbocycles. The maximum atomic E-state index is 13.5. The number of esters is 1. The highest BCUT2D eigenvalue weighted by atomic mass is 31.2. The lowest BCUT2D eigenvalue weighted by Crippen LogP contribution is -2.47. The molecule has 0 aromatic heterocycles. The molecule has 0 aliphatic heterocycles. The predicted molar refractivity (Wildman–Crippen MR) is 304 cm³/mol. The Labute approximate surface area is 437 Å². The van der Waals surface area contributed by atoms with Crippen LogP contribution in [0.2, 0.25) is 0 Å². The first-order valence-electron chi connectivity index (χ1n) is 28.9. The molecule has 0 heterocycles. The minimum Gasteiger partial charge on any atom is -0.456 e. The zero-order valence-electron chi connectivity index (χ0n) is 46.7. The first-order chi connectivity index (χ1) is 34.4. The van der Waals surface area contributed by atoms with E-state index in [4.69, 9.17) is 13.8 Å². The molecule has 410 valence electrons. The van der Waals surface area contributed by atoms with E-state index in [0.717, 1.165) is 83.5 Å². The number of carbonyl (C=O) groups is 2. The van der Waals surface area contributed by atoms with E-state index in [1.807, 2.05) is 33.3 Å². The first kappa shape index (κ1) is 68.2. The number of amides is 1. The number of hydrogen-bond donors (Lipinski definition) is 2. The summed E-state index contributed by atoms with van der Waals surface area (Å²) < 4.78 is 30.5. The van der Waals surface area contributed by atoms with Crippen molar-refractivity contribution in [2.75, 3.05) is 40.9 Å². The van der Waals surface area contributed by atoms with E-state index in [1.54, 1.807) is 0 Å². The highest BCUT2D eigenvalue weighted by Crippen LogP contribution is 2.43. The molecule has 0 aliphatic carbocycles. The molecule has 2 N–H and O–H groups in total. The fourth-order valence-corrected chi connectivity index (χ4v) is 8.52. The van der Waals surface area contributed by atoms with Crippen molar-refractivity contribution < 1.29 is 37.3 Å². The second kappa shape index (κ2) is 50.7. The summed E-state index contributed by atoms with van der Waals surface area (Å²) in [6, 6.07) is -0.877. The highest BCUT2D eigenvalue weighted by molar-refractivity contribution is 7.47. The molecule has 0 bridgehead atoms. The van der Waals surface area contributed by atoms with Gasteiger partial charge in [-0.05, 0) is 102 Å². The molecule has 0 spiro atoms. The molecule has 10 heteroatoms. The smallest absolute Gasteiger partial charge is 0.456 e. The van der Waals surface area contributed by atoms with Crippen LogP contribution in [0.1, 0.15) is 239 Å². The summed E-state index contributed by atoms with van der Waals surface area (Å²) in [5.74, 6) is -0.584. The van der Waals surface area contributed by atoms with Gasteiger partial charge in [0.25, 0.3) is 0 Å². The normalized spacial score (nSPS) is 14.4. The molecule has 0 aromatic carbocycles. The zero-order chi connectivity index (χ0) is 52.2. The number of carbonyl (C=O) groups excluding carboxylic acids is 2. The Morgan fingerprint density at radius 1 is 0.493 bits per heavy atom.